The van der Waals surface area contributed by atoms with E-state index >= 15 is 0 Å². The molecule has 0 aromatic rings. The fraction of sp³-hybridized carbons (Fsp3) is 0.750. The molecule has 9 heavy (non-hydrogen) atoms. The zero-order valence-electron chi connectivity index (χ0n) is 5.94. The molecule has 50 valence electrons. The van der Waals surface area contributed by atoms with E-state index in [-0.39, 0.29) is 5.41 Å². The van der Waals surface area contributed by atoms with E-state index in [9.17, 15) is 4.79 Å². The Morgan fingerprint density at radius 2 is 1.89 bits per heavy atom. The van der Waals surface area contributed by atoms with E-state index < -0.39 is 0 Å². The van der Waals surface area contributed by atoms with Gasteiger partial charge in [-0.05, 0) is 19.8 Å². The van der Waals surface area contributed by atoms with Crippen LogP contribution in [0, 0.1) is 12.3 Å². The van der Waals surface area contributed by atoms with Gasteiger partial charge >= 0.3 is 0 Å². The molecule has 0 bridgehead atoms. The van der Waals surface area contributed by atoms with E-state index in [1.54, 1.807) is 0 Å². The first-order chi connectivity index (χ1) is 4.10. The van der Waals surface area contributed by atoms with Crippen LogP contribution in [0.1, 0.15) is 32.6 Å². The van der Waals surface area contributed by atoms with E-state index in [1.807, 2.05) is 0 Å². The Balaban J connectivity index is 2.44. The highest BCUT2D eigenvalue weighted by molar-refractivity contribution is 5.79. The molecule has 0 atom stereocenters. The van der Waals surface area contributed by atoms with Crippen LogP contribution in [-0.2, 0) is 4.79 Å². The summed E-state index contributed by atoms with van der Waals surface area (Å²) in [5.74, 6) is 0.413. The molecule has 0 radical (unpaired) electrons. The molecular formula is C8H13O+. The fourth-order valence-electron chi connectivity index (χ4n) is 1.13. The summed E-state index contributed by atoms with van der Waals surface area (Å²) in [5.41, 5.74) is 0.188. The molecular weight excluding hydrogens is 112 g/mol. The Bertz CT molecular complexity index is 113. The Kier molecular flexibility index (Phi) is 1.52. The minimum atomic E-state index is 0.188. The smallest absolute Gasteiger partial charge is 0.133 e. The van der Waals surface area contributed by atoms with Gasteiger partial charge < -0.3 is 0 Å². The number of rotatable bonds is 0. The Hall–Kier alpha value is -0.460. The van der Waals surface area contributed by atoms with E-state index in [1.165, 1.54) is 0 Å². The van der Waals surface area contributed by atoms with Gasteiger partial charge in [0.15, 0.2) is 0 Å². The normalized spacial score (nSPS) is 26.1. The van der Waals surface area contributed by atoms with Gasteiger partial charge in [-0.15, -0.1) is 0 Å². The van der Waals surface area contributed by atoms with Crippen molar-refractivity contribution in [3.8, 4) is 0 Å². The van der Waals surface area contributed by atoms with E-state index in [4.69, 9.17) is 0 Å². The highest BCUT2D eigenvalue weighted by Crippen LogP contribution is 2.32. The average molecular weight is 125 g/mol. The quantitative estimate of drug-likeness (QED) is 0.452. The molecule has 0 aromatic heterocycles. The summed E-state index contributed by atoms with van der Waals surface area (Å²) in [7, 11) is 0. The molecule has 1 aliphatic rings. The van der Waals surface area contributed by atoms with Crippen molar-refractivity contribution in [1.82, 2.24) is 0 Å². The SMILES string of the molecule is [CH2+]C1(C)CCC(=O)CC1. The van der Waals surface area contributed by atoms with Gasteiger partial charge in [0.1, 0.15) is 11.2 Å². The zero-order valence-corrected chi connectivity index (χ0v) is 5.94. The van der Waals surface area contributed by atoms with Crippen molar-refractivity contribution < 1.29 is 4.79 Å². The number of hydrogen-bond acceptors (Lipinski definition) is 1. The first-order valence-electron chi connectivity index (χ1n) is 3.47. The summed E-state index contributed by atoms with van der Waals surface area (Å²) in [5, 5.41) is 0. The van der Waals surface area contributed by atoms with Crippen molar-refractivity contribution in [2.75, 3.05) is 0 Å². The lowest BCUT2D eigenvalue weighted by molar-refractivity contribution is -0.121. The molecule has 0 unspecified atom stereocenters. The highest BCUT2D eigenvalue weighted by atomic mass is 16.1. The second-order valence-corrected chi connectivity index (χ2v) is 3.35. The van der Waals surface area contributed by atoms with E-state index in [2.05, 4.69) is 13.8 Å². The minimum Gasteiger partial charge on any atom is -0.300 e. The third-order valence-electron chi connectivity index (χ3n) is 2.01. The summed E-state index contributed by atoms with van der Waals surface area (Å²) < 4.78 is 0. The van der Waals surface area contributed by atoms with Gasteiger partial charge in [-0.25, -0.2) is 0 Å². The predicted molar refractivity (Wildman–Crippen MR) is 36.9 cm³/mol. The van der Waals surface area contributed by atoms with Crippen molar-refractivity contribution >= 4 is 5.78 Å². The number of carbonyl (C=O) groups is 1. The number of Topliss-reactive ketones (excluding diaryl/α,β-unsaturated/α-hetero) is 1. The first kappa shape index (κ1) is 6.66. The van der Waals surface area contributed by atoms with Crippen LogP contribution in [0.15, 0.2) is 0 Å². The van der Waals surface area contributed by atoms with Crippen LogP contribution < -0.4 is 0 Å². The molecule has 0 N–H and O–H groups in total. The lowest BCUT2D eigenvalue weighted by Crippen LogP contribution is -2.20. The van der Waals surface area contributed by atoms with Crippen LogP contribution in [0.3, 0.4) is 0 Å². The zero-order chi connectivity index (χ0) is 6.91. The van der Waals surface area contributed by atoms with Crippen molar-refractivity contribution in [1.29, 1.82) is 0 Å². The molecule has 1 heteroatoms. The largest absolute Gasteiger partial charge is 0.300 e. The fourth-order valence-corrected chi connectivity index (χ4v) is 1.13. The Morgan fingerprint density at radius 1 is 1.44 bits per heavy atom. The summed E-state index contributed by atoms with van der Waals surface area (Å²) in [6.45, 7) is 6.14. The topological polar surface area (TPSA) is 17.1 Å². The van der Waals surface area contributed by atoms with Gasteiger partial charge in [-0.1, -0.05) is 0 Å². The van der Waals surface area contributed by atoms with Gasteiger partial charge in [0.2, 0.25) is 0 Å². The summed E-state index contributed by atoms with van der Waals surface area (Å²) in [4.78, 5) is 10.7. The maximum atomic E-state index is 10.7. The third kappa shape index (κ3) is 1.74. The van der Waals surface area contributed by atoms with Crippen molar-refractivity contribution in [3.63, 3.8) is 0 Å². The van der Waals surface area contributed by atoms with Crippen LogP contribution in [0.25, 0.3) is 0 Å². The van der Waals surface area contributed by atoms with E-state index in [0.717, 1.165) is 25.7 Å². The van der Waals surface area contributed by atoms with Crippen LogP contribution in [0.4, 0.5) is 0 Å². The van der Waals surface area contributed by atoms with E-state index in [0.29, 0.717) is 5.78 Å². The van der Waals surface area contributed by atoms with Gasteiger partial charge in [0.05, 0.1) is 6.92 Å². The molecule has 1 nitrogen and oxygen atoms in total. The molecule has 0 spiro atoms. The summed E-state index contributed by atoms with van der Waals surface area (Å²) >= 11 is 0. The third-order valence-corrected chi connectivity index (χ3v) is 2.01. The molecule has 0 aliphatic heterocycles. The first-order valence-corrected chi connectivity index (χ1v) is 3.47. The second-order valence-electron chi connectivity index (χ2n) is 3.35. The molecule has 0 aromatic carbocycles. The van der Waals surface area contributed by atoms with Crippen molar-refractivity contribution in [2.24, 2.45) is 5.41 Å². The molecule has 0 saturated heterocycles. The Labute approximate surface area is 56.4 Å². The molecule has 1 aliphatic carbocycles. The van der Waals surface area contributed by atoms with Crippen molar-refractivity contribution in [3.05, 3.63) is 6.92 Å². The van der Waals surface area contributed by atoms with Gasteiger partial charge in [-0.3, -0.25) is 4.79 Å². The summed E-state index contributed by atoms with van der Waals surface area (Å²) in [6.07, 6.45) is 3.46. The van der Waals surface area contributed by atoms with Gasteiger partial charge in [0, 0.05) is 12.8 Å². The lowest BCUT2D eigenvalue weighted by atomic mass is 9.77. The Morgan fingerprint density at radius 3 is 2.22 bits per heavy atom. The molecule has 0 amide bonds. The standard InChI is InChI=1S/C8H13O/c1-8(2)5-3-7(9)4-6-8/h1,3-6H2,2H3/q+1. The second kappa shape index (κ2) is 2.05. The molecule has 1 rings (SSSR count). The highest BCUT2D eigenvalue weighted by Gasteiger charge is 2.30. The van der Waals surface area contributed by atoms with Crippen LogP contribution in [0.2, 0.25) is 0 Å². The maximum Gasteiger partial charge on any atom is 0.133 e. The van der Waals surface area contributed by atoms with Crippen molar-refractivity contribution in [2.45, 2.75) is 32.6 Å². The monoisotopic (exact) mass is 125 g/mol. The minimum absolute atomic E-state index is 0.188. The predicted octanol–water partition coefficient (Wildman–Crippen LogP) is 1.97. The van der Waals surface area contributed by atoms with Crippen LogP contribution in [-0.4, -0.2) is 5.78 Å². The number of ketones is 1. The van der Waals surface area contributed by atoms with Gasteiger partial charge in [0.25, 0.3) is 0 Å². The van der Waals surface area contributed by atoms with Gasteiger partial charge in [-0.2, -0.15) is 0 Å². The van der Waals surface area contributed by atoms with Crippen LogP contribution >= 0.6 is 0 Å². The summed E-state index contributed by atoms with van der Waals surface area (Å²) in [6, 6.07) is 0. The molecule has 1 saturated carbocycles. The average Bonchev–Trinajstić information content (AvgIpc) is 1.78. The van der Waals surface area contributed by atoms with Crippen LogP contribution in [0.5, 0.6) is 0 Å². The molecule has 1 fully saturated rings. The number of carbonyl (C=O) groups excluding carboxylic acids is 1. The lowest BCUT2D eigenvalue weighted by Gasteiger charge is -2.21. The maximum absolute atomic E-state index is 10.7. The molecule has 0 heterocycles. The number of hydrogen-bond donors (Lipinski definition) is 0.